The first kappa shape index (κ1) is 60.6. The molecule has 2 saturated heterocycles. The summed E-state index contributed by atoms with van der Waals surface area (Å²) in [6, 6.07) is 18.3. The number of amides is 5. The molecule has 0 aliphatic carbocycles. The largest absolute Gasteiger partial charge is 0.391 e. The normalized spacial score (nSPS) is 21.5. The van der Waals surface area contributed by atoms with Crippen LogP contribution >= 0.6 is 34.9 Å². The maximum absolute atomic E-state index is 14.7. The molecule has 0 saturated carbocycles. The van der Waals surface area contributed by atoms with Crippen molar-refractivity contribution in [2.75, 3.05) is 64.2 Å². The Kier molecular flexibility index (Phi) is 17.5. The van der Waals surface area contributed by atoms with Gasteiger partial charge in [0.2, 0.25) is 17.7 Å². The van der Waals surface area contributed by atoms with Crippen molar-refractivity contribution in [3.05, 3.63) is 99.7 Å². The van der Waals surface area contributed by atoms with Crippen molar-refractivity contribution in [3.63, 3.8) is 0 Å². The second-order valence-electron chi connectivity index (χ2n) is 23.7. The van der Waals surface area contributed by atoms with Gasteiger partial charge in [-0.05, 0) is 89.8 Å². The maximum atomic E-state index is 14.7. The van der Waals surface area contributed by atoms with Crippen LogP contribution in [0.5, 0.6) is 0 Å². The number of nitrogens with one attached hydrogen (secondary N) is 4. The number of fused-ring (bicyclic) bond motifs is 13. The monoisotopic (exact) mass is 1220 g/mol. The van der Waals surface area contributed by atoms with Gasteiger partial charge in [-0.2, -0.15) is 23.5 Å². The maximum Gasteiger partial charge on any atom is 0.257 e. The summed E-state index contributed by atoms with van der Waals surface area (Å²) < 4.78 is 28.4. The number of ether oxygens (including phenoxy) is 4. The number of carbonyl (C=O) groups excluding carboxylic acids is 5. The van der Waals surface area contributed by atoms with Crippen molar-refractivity contribution in [1.29, 1.82) is 0 Å². The fourth-order valence-corrected chi connectivity index (χ4v) is 14.8. The summed E-state index contributed by atoms with van der Waals surface area (Å²) in [5.74, 6) is 1.45. The Morgan fingerprint density at radius 2 is 1.55 bits per heavy atom. The molecular weight excluding hydrogens is 1140 g/mol. The molecule has 6 N–H and O–H groups in total. The first-order valence-corrected chi connectivity index (χ1v) is 32.5. The van der Waals surface area contributed by atoms with Crippen molar-refractivity contribution in [3.8, 4) is 10.4 Å². The van der Waals surface area contributed by atoms with Gasteiger partial charge >= 0.3 is 0 Å². The Balaban J connectivity index is 0.675. The molecule has 0 radical (unpaired) electrons. The van der Waals surface area contributed by atoms with Crippen molar-refractivity contribution >= 4 is 108 Å². The summed E-state index contributed by atoms with van der Waals surface area (Å²) in [7, 11) is 0. The van der Waals surface area contributed by atoms with Crippen LogP contribution in [0.4, 0.5) is 0 Å². The number of aryl methyl sites for hydroxylation is 1. The van der Waals surface area contributed by atoms with Crippen molar-refractivity contribution in [2.45, 2.75) is 128 Å². The standard InChI is InChI=1S/C63H76N8O11S3/c1-9-83-32-37-11-17-45-42(25-37)51-52-44(29-65-58(52)75)50-43-26-38(33-84-10-2)12-18-46(43)71-54(50)53(51)70(45)49-28-63(78,62(71,8)82-49)60(77)64-19-20-79-21-22-80-23-24-81-31-48(73)68-56(61(5,6)7)59(76)69-30-41(72)27-47(69)57(74)67-35(3)39-13-15-40(16-14-39)55-36(4)66-34-85-55/h11-18,25-26,34-35,41,47,49,56,72,78H,9-10,19-24,27-33H2,1-8H3,(H,64,77)(H,65,75)(H,67,74)(H,68,73)/t35-,41-,47-,49+,56+,62-,63-/m0/s1. The number of nitrogens with zero attached hydrogens (tertiary/aromatic N) is 4. The van der Waals surface area contributed by atoms with Gasteiger partial charge in [-0.25, -0.2) is 4.98 Å². The number of hydrogen-bond acceptors (Lipinski definition) is 15. The molecule has 19 nitrogen and oxygen atoms in total. The van der Waals surface area contributed by atoms with Crippen LogP contribution in [0.3, 0.4) is 0 Å². The lowest BCUT2D eigenvalue weighted by atomic mass is 9.85. The van der Waals surface area contributed by atoms with Gasteiger partial charge in [-0.3, -0.25) is 24.0 Å². The molecule has 11 rings (SSSR count). The van der Waals surface area contributed by atoms with Crippen LogP contribution in [0.2, 0.25) is 0 Å². The van der Waals surface area contributed by atoms with Crippen LogP contribution < -0.4 is 21.3 Å². The van der Waals surface area contributed by atoms with E-state index in [1.54, 1.807) is 18.3 Å². The van der Waals surface area contributed by atoms with E-state index in [0.29, 0.717) is 12.1 Å². The minimum atomic E-state index is -2.04. The summed E-state index contributed by atoms with van der Waals surface area (Å²) >= 11 is 5.22. The van der Waals surface area contributed by atoms with E-state index in [1.165, 1.54) is 4.90 Å². The number of carbonyl (C=O) groups is 5. The quantitative estimate of drug-likeness (QED) is 0.0315. The third-order valence-electron chi connectivity index (χ3n) is 17.0. The molecule has 2 fully saturated rings. The Labute approximate surface area is 506 Å². The number of thioether (sulfide) groups is 2. The predicted octanol–water partition coefficient (Wildman–Crippen LogP) is 7.96. The van der Waals surface area contributed by atoms with E-state index in [1.807, 2.05) is 92.5 Å². The summed E-state index contributed by atoms with van der Waals surface area (Å²) in [6.07, 6.45) is -1.66. The van der Waals surface area contributed by atoms with E-state index in [-0.39, 0.29) is 77.5 Å². The number of hydrogen-bond donors (Lipinski definition) is 6. The van der Waals surface area contributed by atoms with E-state index in [0.717, 1.165) is 105 Å². The minimum Gasteiger partial charge on any atom is -0.391 e. The van der Waals surface area contributed by atoms with Crippen LogP contribution in [0.15, 0.2) is 66.2 Å². The Morgan fingerprint density at radius 1 is 0.894 bits per heavy atom. The topological polar surface area (TPSA) is 237 Å². The number of benzene rings is 4. The smallest absolute Gasteiger partial charge is 0.257 e. The van der Waals surface area contributed by atoms with E-state index >= 15 is 0 Å². The van der Waals surface area contributed by atoms with Gasteiger partial charge in [0.25, 0.3) is 11.8 Å². The Hall–Kier alpha value is -6.08. The minimum absolute atomic E-state index is 0.0485. The predicted molar refractivity (Wildman–Crippen MR) is 332 cm³/mol. The Bertz CT molecular complexity index is 3720. The fraction of sp³-hybridized carbons (Fsp3) is 0.492. The molecule has 7 heterocycles. The van der Waals surface area contributed by atoms with Gasteiger partial charge in [0.05, 0.1) is 88.9 Å². The van der Waals surface area contributed by atoms with Crippen LogP contribution in [0.25, 0.3) is 54.1 Å². The highest BCUT2D eigenvalue weighted by Crippen LogP contribution is 2.58. The van der Waals surface area contributed by atoms with E-state index in [2.05, 4.69) is 81.1 Å². The van der Waals surface area contributed by atoms with Gasteiger partial charge in [0.15, 0.2) is 11.3 Å². The van der Waals surface area contributed by atoms with Gasteiger partial charge in [-0.15, -0.1) is 11.3 Å². The first-order valence-electron chi connectivity index (χ1n) is 29.3. The number of β-amino-alcohol motifs (C(OH)–C–C–N with tert-alkyl or cyclic N) is 1. The molecule has 7 atom stereocenters. The molecule has 4 aromatic carbocycles. The fourth-order valence-electron chi connectivity index (χ4n) is 12.8. The number of aromatic nitrogens is 3. The van der Waals surface area contributed by atoms with Gasteiger partial charge in [0.1, 0.15) is 24.9 Å². The molecule has 7 aromatic rings. The number of aliphatic hydroxyl groups is 2. The Morgan fingerprint density at radius 3 is 2.21 bits per heavy atom. The zero-order valence-corrected chi connectivity index (χ0v) is 51.9. The van der Waals surface area contributed by atoms with Crippen molar-refractivity contribution in [2.24, 2.45) is 5.41 Å². The summed E-state index contributed by atoms with van der Waals surface area (Å²) in [6.45, 7) is 16.2. The highest BCUT2D eigenvalue weighted by atomic mass is 32.2. The average molecular weight is 1220 g/mol. The molecule has 85 heavy (non-hydrogen) atoms. The van der Waals surface area contributed by atoms with Crippen LogP contribution in [-0.2, 0) is 61.9 Å². The van der Waals surface area contributed by atoms with E-state index < -0.39 is 64.8 Å². The third kappa shape index (κ3) is 11.2. The molecule has 4 aliphatic heterocycles. The second kappa shape index (κ2) is 24.6. The SMILES string of the molecule is CCSCc1ccc2c(c1)c1c3c(c4c5cc(CSCC)ccc5n5c4c1n2[C@H]1C[C@](O)(C(=O)NCCOCCOCCOCC(=O)N[C@H](C(=O)N2C[C@@H](O)C[C@H]2C(=O)N[C@@H](C)c2ccc(-c4scnc4C)cc2)C(C)(C)C)[C@]5(C)O1)CNC3=O. The highest BCUT2D eigenvalue weighted by molar-refractivity contribution is 7.98. The summed E-state index contributed by atoms with van der Waals surface area (Å²) in [4.78, 5) is 76.7. The number of rotatable bonds is 24. The lowest BCUT2D eigenvalue weighted by Crippen LogP contribution is -2.60. The number of likely N-dealkylation sites (tertiary alicyclic amines) is 1. The number of thiazole rings is 1. The van der Waals surface area contributed by atoms with Crippen LogP contribution in [-0.4, -0.2) is 147 Å². The van der Waals surface area contributed by atoms with E-state index in [4.69, 9.17) is 18.9 Å². The molecule has 0 unspecified atom stereocenters. The number of aliphatic hydroxyl groups excluding tert-OH is 1. The highest BCUT2D eigenvalue weighted by Gasteiger charge is 2.65. The lowest BCUT2D eigenvalue weighted by molar-refractivity contribution is -0.187. The first-order chi connectivity index (χ1) is 40.8. The van der Waals surface area contributed by atoms with Gasteiger partial charge in [-0.1, -0.05) is 71.0 Å². The van der Waals surface area contributed by atoms with Gasteiger partial charge < -0.3 is 64.5 Å². The van der Waals surface area contributed by atoms with E-state index in [9.17, 15) is 34.2 Å². The molecule has 22 heteroatoms. The molecule has 3 aromatic heterocycles. The molecule has 0 spiro atoms. The zero-order valence-electron chi connectivity index (χ0n) is 49.4. The van der Waals surface area contributed by atoms with Crippen molar-refractivity contribution in [1.82, 2.24) is 40.3 Å². The molecular formula is C63H76N8O11S3. The molecule has 2 bridgehead atoms. The average Bonchev–Trinajstić information content (AvgIpc) is 1.50. The van der Waals surface area contributed by atoms with Gasteiger partial charge in [0, 0.05) is 65.5 Å². The van der Waals surface area contributed by atoms with Crippen LogP contribution in [0.1, 0.15) is 112 Å². The second-order valence-corrected chi connectivity index (χ2v) is 27.1. The van der Waals surface area contributed by atoms with Crippen molar-refractivity contribution < 1.29 is 53.1 Å². The summed E-state index contributed by atoms with van der Waals surface area (Å²) in [5.41, 5.74) is 7.49. The third-order valence-corrected chi connectivity index (χ3v) is 19.9. The molecule has 452 valence electrons. The van der Waals surface area contributed by atoms with Crippen LogP contribution in [0, 0.1) is 12.3 Å². The summed E-state index contributed by atoms with van der Waals surface area (Å²) in [5, 5.41) is 39.3. The lowest BCUT2D eigenvalue weighted by Gasteiger charge is -2.38. The molecule has 4 aliphatic rings. The molecule has 5 amide bonds. The zero-order chi connectivity index (χ0) is 60.1.